The average molecular weight is 543 g/mol. The average Bonchev–Trinajstić information content (AvgIpc) is 3.24. The highest BCUT2D eigenvalue weighted by Crippen LogP contribution is 2.28. The topological polar surface area (TPSA) is 66.0 Å². The van der Waals surface area contributed by atoms with Gasteiger partial charge < -0.3 is 20.3 Å². The van der Waals surface area contributed by atoms with E-state index in [1.54, 1.807) is 38.4 Å². The van der Waals surface area contributed by atoms with Crippen molar-refractivity contribution in [3.63, 3.8) is 0 Å². The van der Waals surface area contributed by atoms with E-state index in [2.05, 4.69) is 32.7 Å². The zero-order chi connectivity index (χ0) is 20.6. The summed E-state index contributed by atoms with van der Waals surface area (Å²) in [6.45, 7) is 2.94. The maximum Gasteiger partial charge on any atom is 0.252 e. The standard InChI is InChI=1S/C22H27ClN4O2.HI/c1-24-22(26-13-12-25-21(28)19-5-3-4-6-20(19)23)27-14-11-17(15-27)16-7-9-18(29-2)10-8-16;/h3-10,17H,11-15H2,1-2H3,(H,24,26)(H,25,28);1H. The normalized spacial score (nSPS) is 16.0. The molecule has 1 aliphatic heterocycles. The van der Waals surface area contributed by atoms with Crippen LogP contribution in [0.15, 0.2) is 53.5 Å². The van der Waals surface area contributed by atoms with E-state index in [0.717, 1.165) is 31.2 Å². The van der Waals surface area contributed by atoms with Gasteiger partial charge in [-0.2, -0.15) is 0 Å². The molecule has 0 radical (unpaired) electrons. The third-order valence-corrected chi connectivity index (χ3v) is 5.43. The molecule has 2 aromatic rings. The van der Waals surface area contributed by atoms with Crippen LogP contribution in [0.4, 0.5) is 0 Å². The summed E-state index contributed by atoms with van der Waals surface area (Å²) in [5, 5.41) is 6.67. The molecule has 2 aromatic carbocycles. The van der Waals surface area contributed by atoms with E-state index in [0.29, 0.717) is 29.6 Å². The quantitative estimate of drug-likeness (QED) is 0.253. The van der Waals surface area contributed by atoms with Crippen LogP contribution in [0.3, 0.4) is 0 Å². The van der Waals surface area contributed by atoms with Crippen molar-refractivity contribution in [1.29, 1.82) is 0 Å². The van der Waals surface area contributed by atoms with Gasteiger partial charge in [-0.25, -0.2) is 0 Å². The molecule has 162 valence electrons. The SMILES string of the molecule is CN=C(NCCNC(=O)c1ccccc1Cl)N1CCC(c2ccc(OC)cc2)C1.I. The third-order valence-electron chi connectivity index (χ3n) is 5.10. The maximum atomic E-state index is 12.2. The first-order valence-electron chi connectivity index (χ1n) is 9.74. The van der Waals surface area contributed by atoms with Crippen LogP contribution in [-0.4, -0.2) is 57.1 Å². The fourth-order valence-corrected chi connectivity index (χ4v) is 3.75. The Labute approximate surface area is 200 Å². The number of aliphatic imine (C=N–C) groups is 1. The lowest BCUT2D eigenvalue weighted by Crippen LogP contribution is -2.43. The van der Waals surface area contributed by atoms with Crippen LogP contribution in [-0.2, 0) is 0 Å². The molecule has 0 spiro atoms. The molecule has 1 saturated heterocycles. The summed E-state index contributed by atoms with van der Waals surface area (Å²) < 4.78 is 5.24. The third kappa shape index (κ3) is 6.25. The summed E-state index contributed by atoms with van der Waals surface area (Å²) in [5.41, 5.74) is 1.80. The summed E-state index contributed by atoms with van der Waals surface area (Å²) in [7, 11) is 3.46. The Morgan fingerprint density at radius 3 is 2.53 bits per heavy atom. The molecule has 1 aliphatic rings. The molecule has 0 aliphatic carbocycles. The molecule has 1 amide bonds. The van der Waals surface area contributed by atoms with Crippen molar-refractivity contribution in [1.82, 2.24) is 15.5 Å². The number of carbonyl (C=O) groups is 1. The number of ether oxygens (including phenoxy) is 1. The molecule has 8 heteroatoms. The number of methoxy groups -OCH3 is 1. The first-order chi connectivity index (χ1) is 14.1. The molecule has 1 fully saturated rings. The molecule has 1 atom stereocenters. The number of hydrogen-bond donors (Lipinski definition) is 2. The smallest absolute Gasteiger partial charge is 0.252 e. The summed E-state index contributed by atoms with van der Waals surface area (Å²) in [6.07, 6.45) is 1.08. The second-order valence-corrected chi connectivity index (χ2v) is 7.32. The number of nitrogens with zero attached hydrogens (tertiary/aromatic N) is 2. The number of amides is 1. The van der Waals surface area contributed by atoms with Gasteiger partial charge in [0, 0.05) is 39.1 Å². The monoisotopic (exact) mass is 542 g/mol. The van der Waals surface area contributed by atoms with Gasteiger partial charge in [-0.1, -0.05) is 35.9 Å². The lowest BCUT2D eigenvalue weighted by atomic mass is 9.98. The summed E-state index contributed by atoms with van der Waals surface area (Å²) in [5.74, 6) is 2.03. The maximum absolute atomic E-state index is 12.2. The Kier molecular flexibility index (Phi) is 9.71. The van der Waals surface area contributed by atoms with Gasteiger partial charge in [0.15, 0.2) is 5.96 Å². The number of guanidine groups is 1. The van der Waals surface area contributed by atoms with Crippen LogP contribution in [0, 0.1) is 0 Å². The minimum absolute atomic E-state index is 0. The molecule has 0 bridgehead atoms. The second kappa shape index (κ2) is 12.0. The molecule has 30 heavy (non-hydrogen) atoms. The van der Waals surface area contributed by atoms with Gasteiger partial charge in [-0.15, -0.1) is 24.0 Å². The minimum Gasteiger partial charge on any atom is -0.497 e. The van der Waals surface area contributed by atoms with Gasteiger partial charge in [0.05, 0.1) is 17.7 Å². The number of halogens is 2. The van der Waals surface area contributed by atoms with Gasteiger partial charge in [-0.05, 0) is 36.2 Å². The molecular weight excluding hydrogens is 515 g/mol. The predicted octanol–water partition coefficient (Wildman–Crippen LogP) is 3.76. The molecule has 0 saturated carbocycles. The fraction of sp³-hybridized carbons (Fsp3) is 0.364. The van der Waals surface area contributed by atoms with Gasteiger partial charge in [0.2, 0.25) is 0 Å². The van der Waals surface area contributed by atoms with E-state index in [4.69, 9.17) is 16.3 Å². The van der Waals surface area contributed by atoms with Crippen LogP contribution in [0.25, 0.3) is 0 Å². The van der Waals surface area contributed by atoms with Crippen LogP contribution < -0.4 is 15.4 Å². The Hall–Kier alpha value is -2.00. The van der Waals surface area contributed by atoms with Crippen molar-refractivity contribution in [3.8, 4) is 5.75 Å². The van der Waals surface area contributed by atoms with Crippen LogP contribution in [0.2, 0.25) is 5.02 Å². The Balaban J connectivity index is 0.00000320. The van der Waals surface area contributed by atoms with Crippen molar-refractivity contribution in [2.45, 2.75) is 12.3 Å². The second-order valence-electron chi connectivity index (χ2n) is 6.91. The van der Waals surface area contributed by atoms with Crippen LogP contribution >= 0.6 is 35.6 Å². The zero-order valence-corrected chi connectivity index (χ0v) is 20.3. The summed E-state index contributed by atoms with van der Waals surface area (Å²) in [4.78, 5) is 18.9. The first kappa shape index (κ1) is 24.3. The largest absolute Gasteiger partial charge is 0.497 e. The van der Waals surface area contributed by atoms with Crippen molar-refractivity contribution in [2.24, 2.45) is 4.99 Å². The molecular formula is C22H28ClIN4O2. The number of benzene rings is 2. The van der Waals surface area contributed by atoms with E-state index in [1.165, 1.54) is 5.56 Å². The van der Waals surface area contributed by atoms with Crippen molar-refractivity contribution in [3.05, 3.63) is 64.7 Å². The van der Waals surface area contributed by atoms with E-state index in [-0.39, 0.29) is 29.9 Å². The highest BCUT2D eigenvalue weighted by Gasteiger charge is 2.26. The van der Waals surface area contributed by atoms with Gasteiger partial charge in [0.1, 0.15) is 5.75 Å². The number of rotatable bonds is 6. The minimum atomic E-state index is -0.173. The number of carbonyl (C=O) groups excluding carboxylic acids is 1. The van der Waals surface area contributed by atoms with Gasteiger partial charge >= 0.3 is 0 Å². The number of nitrogens with one attached hydrogen (secondary N) is 2. The Bertz CT molecular complexity index is 860. The van der Waals surface area contributed by atoms with Crippen molar-refractivity contribution >= 4 is 47.4 Å². The molecule has 1 unspecified atom stereocenters. The predicted molar refractivity (Wildman–Crippen MR) is 132 cm³/mol. The highest BCUT2D eigenvalue weighted by atomic mass is 127. The van der Waals surface area contributed by atoms with E-state index in [9.17, 15) is 4.79 Å². The van der Waals surface area contributed by atoms with E-state index >= 15 is 0 Å². The van der Waals surface area contributed by atoms with Crippen molar-refractivity contribution in [2.75, 3.05) is 40.3 Å². The van der Waals surface area contributed by atoms with Crippen molar-refractivity contribution < 1.29 is 9.53 Å². The molecule has 2 N–H and O–H groups in total. The lowest BCUT2D eigenvalue weighted by molar-refractivity contribution is 0.0954. The van der Waals surface area contributed by atoms with Gasteiger partial charge in [0.25, 0.3) is 5.91 Å². The number of likely N-dealkylation sites (tertiary alicyclic amines) is 1. The molecule has 3 rings (SSSR count). The summed E-state index contributed by atoms with van der Waals surface area (Å²) in [6, 6.07) is 15.3. The Morgan fingerprint density at radius 2 is 1.87 bits per heavy atom. The highest BCUT2D eigenvalue weighted by molar-refractivity contribution is 14.0. The molecule has 1 heterocycles. The van der Waals surface area contributed by atoms with Crippen LogP contribution in [0.5, 0.6) is 5.75 Å². The van der Waals surface area contributed by atoms with Crippen LogP contribution in [0.1, 0.15) is 28.3 Å². The lowest BCUT2D eigenvalue weighted by Gasteiger charge is -2.22. The Morgan fingerprint density at radius 1 is 1.17 bits per heavy atom. The molecule has 6 nitrogen and oxygen atoms in total. The number of hydrogen-bond acceptors (Lipinski definition) is 3. The summed E-state index contributed by atoms with van der Waals surface area (Å²) >= 11 is 6.06. The van der Waals surface area contributed by atoms with Gasteiger partial charge in [-0.3, -0.25) is 9.79 Å². The van der Waals surface area contributed by atoms with E-state index in [1.807, 2.05) is 12.1 Å². The zero-order valence-electron chi connectivity index (χ0n) is 17.2. The first-order valence-corrected chi connectivity index (χ1v) is 10.1. The fourth-order valence-electron chi connectivity index (χ4n) is 3.52. The van der Waals surface area contributed by atoms with E-state index < -0.39 is 0 Å². The molecule has 0 aromatic heterocycles.